The van der Waals surface area contributed by atoms with Crippen LogP contribution in [0.5, 0.6) is 0 Å². The minimum Gasteiger partial charge on any atom is -0.481 e. The van der Waals surface area contributed by atoms with E-state index in [2.05, 4.69) is 19.1 Å². The van der Waals surface area contributed by atoms with Gasteiger partial charge in [0.2, 0.25) is 0 Å². The van der Waals surface area contributed by atoms with E-state index in [-0.39, 0.29) is 5.78 Å². The number of ketones is 2. The van der Waals surface area contributed by atoms with E-state index >= 15 is 0 Å². The number of rotatable bonds is 20. The van der Waals surface area contributed by atoms with Crippen LogP contribution in [0.3, 0.4) is 0 Å². The third-order valence-corrected chi connectivity index (χ3v) is 5.21. The maximum atomic E-state index is 11.8. The van der Waals surface area contributed by atoms with Crippen LogP contribution in [-0.2, 0) is 14.4 Å². The summed E-state index contributed by atoms with van der Waals surface area (Å²) in [6.07, 6.45) is 21.6. The molecule has 0 aromatic carbocycles. The summed E-state index contributed by atoms with van der Waals surface area (Å²) in [4.78, 5) is 33.9. The maximum Gasteiger partial charge on any atom is 0.310 e. The normalized spacial score (nSPS) is 12.4. The van der Waals surface area contributed by atoms with Gasteiger partial charge in [0.1, 0.15) is 12.2 Å². The number of unbranched alkanes of at least 4 members (excludes halogenated alkanes) is 12. The van der Waals surface area contributed by atoms with E-state index in [1.54, 1.807) is 0 Å². The Kier molecular flexibility index (Phi) is 17.9. The molecular formula is C24H42O4. The molecule has 4 heteroatoms. The predicted octanol–water partition coefficient (Wildman–Crippen LogP) is 6.66. The number of carboxylic acid groups (broad SMARTS) is 1. The van der Waals surface area contributed by atoms with E-state index in [0.29, 0.717) is 6.42 Å². The van der Waals surface area contributed by atoms with Gasteiger partial charge in [0.05, 0.1) is 5.92 Å². The lowest BCUT2D eigenvalue weighted by Crippen LogP contribution is -2.24. The highest BCUT2D eigenvalue weighted by Gasteiger charge is 2.24. The summed E-state index contributed by atoms with van der Waals surface area (Å²) in [6.45, 7) is 3.63. The molecule has 162 valence electrons. The fourth-order valence-electron chi connectivity index (χ4n) is 3.46. The quantitative estimate of drug-likeness (QED) is 0.142. The zero-order chi connectivity index (χ0) is 21.0. The number of allylic oxidation sites excluding steroid dienone is 2. The van der Waals surface area contributed by atoms with Crippen molar-refractivity contribution >= 4 is 17.5 Å². The van der Waals surface area contributed by atoms with E-state index in [0.717, 1.165) is 25.7 Å². The highest BCUT2D eigenvalue weighted by molar-refractivity contribution is 6.07. The van der Waals surface area contributed by atoms with Crippen LogP contribution in [-0.4, -0.2) is 22.6 Å². The number of hydrogen-bond donors (Lipinski definition) is 1. The largest absolute Gasteiger partial charge is 0.481 e. The molecule has 0 saturated carbocycles. The van der Waals surface area contributed by atoms with Gasteiger partial charge < -0.3 is 5.11 Å². The Labute approximate surface area is 172 Å². The number of Topliss-reactive ketones (excluding diaryl/α,β-unsaturated/α-hetero) is 2. The van der Waals surface area contributed by atoms with Crippen LogP contribution in [0.2, 0.25) is 0 Å². The molecule has 1 atom stereocenters. The minimum absolute atomic E-state index is 0.209. The molecule has 1 N–H and O–H groups in total. The first-order chi connectivity index (χ1) is 13.5. The second-order valence-corrected chi connectivity index (χ2v) is 7.93. The molecule has 0 fully saturated rings. The summed E-state index contributed by atoms with van der Waals surface area (Å²) >= 11 is 0. The molecule has 0 bridgehead atoms. The van der Waals surface area contributed by atoms with Gasteiger partial charge in [-0.05, 0) is 39.0 Å². The third-order valence-electron chi connectivity index (χ3n) is 5.21. The monoisotopic (exact) mass is 394 g/mol. The second-order valence-electron chi connectivity index (χ2n) is 7.93. The van der Waals surface area contributed by atoms with Gasteiger partial charge in [0, 0.05) is 0 Å². The maximum absolute atomic E-state index is 11.8. The van der Waals surface area contributed by atoms with Crippen LogP contribution in [0.25, 0.3) is 0 Å². The van der Waals surface area contributed by atoms with Crippen LogP contribution < -0.4 is 0 Å². The number of aliphatic carboxylic acids is 1. The topological polar surface area (TPSA) is 71.4 Å². The minimum atomic E-state index is -1.16. The molecule has 0 rings (SSSR count). The van der Waals surface area contributed by atoms with Gasteiger partial charge in [-0.1, -0.05) is 83.3 Å². The van der Waals surface area contributed by atoms with Crippen molar-refractivity contribution in [2.24, 2.45) is 5.92 Å². The molecular weight excluding hydrogens is 352 g/mol. The van der Waals surface area contributed by atoms with E-state index in [1.807, 2.05) is 0 Å². The summed E-state index contributed by atoms with van der Waals surface area (Å²) in [5, 5.41) is 8.69. The molecule has 4 nitrogen and oxygen atoms in total. The van der Waals surface area contributed by atoms with Crippen molar-refractivity contribution in [3.63, 3.8) is 0 Å². The van der Waals surface area contributed by atoms with Gasteiger partial charge in [-0.15, -0.1) is 0 Å². The Morgan fingerprint density at radius 2 is 1.21 bits per heavy atom. The van der Waals surface area contributed by atoms with Gasteiger partial charge in [0.25, 0.3) is 0 Å². The van der Waals surface area contributed by atoms with Crippen molar-refractivity contribution in [2.75, 3.05) is 0 Å². The van der Waals surface area contributed by atoms with E-state index in [9.17, 15) is 14.4 Å². The fraction of sp³-hybridized carbons (Fsp3) is 0.792. The summed E-state index contributed by atoms with van der Waals surface area (Å²) in [5.74, 6) is -2.54. The van der Waals surface area contributed by atoms with Crippen molar-refractivity contribution in [2.45, 2.75) is 117 Å². The van der Waals surface area contributed by atoms with Crippen molar-refractivity contribution in [1.29, 1.82) is 0 Å². The molecule has 0 aromatic rings. The lowest BCUT2D eigenvalue weighted by Gasteiger charge is -2.11. The van der Waals surface area contributed by atoms with Gasteiger partial charge in [-0.2, -0.15) is 0 Å². The molecule has 0 radical (unpaired) electrons. The third kappa shape index (κ3) is 16.7. The number of carbonyl (C=O) groups is 3. The molecule has 0 amide bonds. The predicted molar refractivity (Wildman–Crippen MR) is 115 cm³/mol. The highest BCUT2D eigenvalue weighted by atomic mass is 16.4. The zero-order valence-electron chi connectivity index (χ0n) is 18.2. The van der Waals surface area contributed by atoms with Crippen molar-refractivity contribution in [3.8, 4) is 0 Å². The average Bonchev–Trinajstić information content (AvgIpc) is 2.63. The van der Waals surface area contributed by atoms with Crippen LogP contribution in [0.1, 0.15) is 117 Å². The second kappa shape index (κ2) is 18.9. The lowest BCUT2D eigenvalue weighted by atomic mass is 9.91. The first-order valence-electron chi connectivity index (χ1n) is 11.4. The Hall–Kier alpha value is -1.45. The van der Waals surface area contributed by atoms with Crippen molar-refractivity contribution < 1.29 is 19.5 Å². The van der Waals surface area contributed by atoms with E-state index < -0.39 is 24.1 Å². The standard InChI is InChI=1S/C24H42O4/c1-3-4-5-6-7-8-9-10-11-12-13-14-15-16-17-18-19-22(21(2)25)23(26)20-24(27)28/h10-11,22H,3-9,12-20H2,1-2H3,(H,27,28). The van der Waals surface area contributed by atoms with E-state index in [1.165, 1.54) is 71.1 Å². The molecule has 0 heterocycles. The number of hydrogen-bond acceptors (Lipinski definition) is 3. The Balaban J connectivity index is 3.53. The average molecular weight is 395 g/mol. The van der Waals surface area contributed by atoms with Crippen LogP contribution in [0, 0.1) is 5.92 Å². The van der Waals surface area contributed by atoms with Gasteiger partial charge in [-0.3, -0.25) is 14.4 Å². The van der Waals surface area contributed by atoms with Crippen LogP contribution in [0.4, 0.5) is 0 Å². The molecule has 0 aliphatic heterocycles. The molecule has 0 aromatic heterocycles. The molecule has 28 heavy (non-hydrogen) atoms. The van der Waals surface area contributed by atoms with Gasteiger partial charge in [-0.25, -0.2) is 0 Å². The fourth-order valence-corrected chi connectivity index (χ4v) is 3.46. The van der Waals surface area contributed by atoms with E-state index in [4.69, 9.17) is 5.11 Å². The molecule has 0 aliphatic rings. The summed E-state index contributed by atoms with van der Waals surface area (Å²) in [7, 11) is 0. The summed E-state index contributed by atoms with van der Waals surface area (Å²) < 4.78 is 0. The Morgan fingerprint density at radius 3 is 1.68 bits per heavy atom. The summed E-state index contributed by atoms with van der Waals surface area (Å²) in [6, 6.07) is 0. The lowest BCUT2D eigenvalue weighted by molar-refractivity contribution is -0.142. The number of carboxylic acids is 1. The van der Waals surface area contributed by atoms with Gasteiger partial charge in [0.15, 0.2) is 5.78 Å². The van der Waals surface area contributed by atoms with Crippen molar-refractivity contribution in [3.05, 3.63) is 12.2 Å². The van der Waals surface area contributed by atoms with Crippen LogP contribution >= 0.6 is 0 Å². The first kappa shape index (κ1) is 26.6. The first-order valence-corrected chi connectivity index (χ1v) is 11.4. The van der Waals surface area contributed by atoms with Gasteiger partial charge >= 0.3 is 5.97 Å². The molecule has 0 saturated heterocycles. The van der Waals surface area contributed by atoms with Crippen molar-refractivity contribution in [1.82, 2.24) is 0 Å². The molecule has 1 unspecified atom stereocenters. The molecule has 0 aliphatic carbocycles. The number of carbonyl (C=O) groups excluding carboxylic acids is 2. The SMILES string of the molecule is CCCCCCCCC=CCCCCCCCCC(C(C)=O)C(=O)CC(=O)O. The summed E-state index contributed by atoms with van der Waals surface area (Å²) in [5.41, 5.74) is 0. The highest BCUT2D eigenvalue weighted by Crippen LogP contribution is 2.16. The Morgan fingerprint density at radius 1 is 0.750 bits per heavy atom. The zero-order valence-corrected chi connectivity index (χ0v) is 18.2. The van der Waals surface area contributed by atoms with Crippen LogP contribution in [0.15, 0.2) is 12.2 Å². The smallest absolute Gasteiger partial charge is 0.310 e. The molecule has 0 spiro atoms. The Bertz CT molecular complexity index is 454.